The Kier molecular flexibility index (Phi) is 5.88. The van der Waals surface area contributed by atoms with Crippen LogP contribution in [0.25, 0.3) is 0 Å². The van der Waals surface area contributed by atoms with Crippen molar-refractivity contribution in [1.82, 2.24) is 10.2 Å². The van der Waals surface area contributed by atoms with Crippen LogP contribution >= 0.6 is 11.8 Å². The van der Waals surface area contributed by atoms with Crippen LogP contribution in [0.15, 0.2) is 0 Å². The Balaban J connectivity index is 1.63. The minimum absolute atomic E-state index is 0.231. The summed E-state index contributed by atoms with van der Waals surface area (Å²) in [5.74, 6) is 2.60. The van der Waals surface area contributed by atoms with E-state index in [2.05, 4.69) is 28.9 Å². The molecule has 3 heterocycles. The van der Waals surface area contributed by atoms with Gasteiger partial charge >= 0.3 is 0 Å². The van der Waals surface area contributed by atoms with E-state index in [4.69, 9.17) is 4.74 Å². The Morgan fingerprint density at radius 1 is 1.24 bits per heavy atom. The summed E-state index contributed by atoms with van der Waals surface area (Å²) < 4.78 is 6.29. The molecule has 0 amide bonds. The van der Waals surface area contributed by atoms with Crippen LogP contribution in [-0.4, -0.2) is 60.3 Å². The van der Waals surface area contributed by atoms with Crippen molar-refractivity contribution in [3.8, 4) is 0 Å². The molecule has 3 aliphatic rings. The predicted octanol–water partition coefficient (Wildman–Crippen LogP) is 2.90. The molecule has 0 radical (unpaired) electrons. The molecule has 0 aromatic carbocycles. The van der Waals surface area contributed by atoms with E-state index in [0.717, 1.165) is 25.2 Å². The lowest BCUT2D eigenvalue weighted by molar-refractivity contribution is -0.117. The number of ether oxygens (including phenoxy) is 1. The molecule has 122 valence electrons. The summed E-state index contributed by atoms with van der Waals surface area (Å²) >= 11 is 2.11. The zero-order chi connectivity index (χ0) is 14.5. The highest BCUT2D eigenvalue weighted by Crippen LogP contribution is 2.40. The molecular weight excluding hydrogens is 280 g/mol. The minimum Gasteiger partial charge on any atom is -0.375 e. The Hall–Kier alpha value is 0.230. The SMILES string of the molecule is CCNCC1CCCCN1C1CCOC2(CCSCC2)C1. The van der Waals surface area contributed by atoms with Gasteiger partial charge in [0.15, 0.2) is 0 Å². The van der Waals surface area contributed by atoms with Crippen molar-refractivity contribution in [3.63, 3.8) is 0 Å². The van der Waals surface area contributed by atoms with Crippen molar-refractivity contribution in [3.05, 3.63) is 0 Å². The van der Waals surface area contributed by atoms with E-state index in [9.17, 15) is 0 Å². The number of nitrogens with one attached hydrogen (secondary N) is 1. The Morgan fingerprint density at radius 3 is 2.90 bits per heavy atom. The van der Waals surface area contributed by atoms with E-state index < -0.39 is 0 Å². The molecule has 0 aromatic rings. The van der Waals surface area contributed by atoms with E-state index in [0.29, 0.717) is 0 Å². The largest absolute Gasteiger partial charge is 0.375 e. The Labute approximate surface area is 134 Å². The number of piperidine rings is 1. The molecule has 2 atom stereocenters. The highest BCUT2D eigenvalue weighted by Gasteiger charge is 2.42. The van der Waals surface area contributed by atoms with Gasteiger partial charge < -0.3 is 10.1 Å². The van der Waals surface area contributed by atoms with Crippen molar-refractivity contribution in [2.45, 2.75) is 69.6 Å². The molecule has 0 bridgehead atoms. The molecule has 3 aliphatic heterocycles. The average Bonchev–Trinajstić information content (AvgIpc) is 2.54. The van der Waals surface area contributed by atoms with Gasteiger partial charge in [-0.15, -0.1) is 0 Å². The number of rotatable bonds is 4. The maximum Gasteiger partial charge on any atom is 0.0713 e. The molecule has 1 N–H and O–H groups in total. The van der Waals surface area contributed by atoms with E-state index >= 15 is 0 Å². The molecule has 0 aliphatic carbocycles. The number of nitrogens with zero attached hydrogens (tertiary/aromatic N) is 1. The van der Waals surface area contributed by atoms with Crippen LogP contribution in [0.4, 0.5) is 0 Å². The van der Waals surface area contributed by atoms with Crippen LogP contribution in [0.2, 0.25) is 0 Å². The van der Waals surface area contributed by atoms with Gasteiger partial charge in [0.05, 0.1) is 5.60 Å². The van der Waals surface area contributed by atoms with Gasteiger partial charge in [0, 0.05) is 25.2 Å². The number of thioether (sulfide) groups is 1. The third-order valence-corrected chi connectivity index (χ3v) is 6.63. The van der Waals surface area contributed by atoms with Crippen LogP contribution in [0, 0.1) is 0 Å². The molecular formula is C17H32N2OS. The van der Waals surface area contributed by atoms with Gasteiger partial charge in [-0.05, 0) is 63.1 Å². The fourth-order valence-corrected chi connectivity index (χ4v) is 5.65. The average molecular weight is 313 g/mol. The van der Waals surface area contributed by atoms with E-state index in [1.807, 2.05) is 0 Å². The summed E-state index contributed by atoms with van der Waals surface area (Å²) in [5, 5.41) is 3.58. The molecule has 3 saturated heterocycles. The normalized spacial score (nSPS) is 34.1. The first-order valence-electron chi connectivity index (χ1n) is 9.01. The highest BCUT2D eigenvalue weighted by molar-refractivity contribution is 7.99. The molecule has 1 spiro atoms. The molecule has 2 unspecified atom stereocenters. The number of hydrogen-bond acceptors (Lipinski definition) is 4. The number of likely N-dealkylation sites (N-methyl/N-ethyl adjacent to an activating group) is 1. The van der Waals surface area contributed by atoms with E-state index in [1.165, 1.54) is 69.5 Å². The lowest BCUT2D eigenvalue weighted by Crippen LogP contribution is -2.56. The molecule has 3 rings (SSSR count). The van der Waals surface area contributed by atoms with Gasteiger partial charge in [0.25, 0.3) is 0 Å². The second kappa shape index (κ2) is 7.67. The zero-order valence-electron chi connectivity index (χ0n) is 13.6. The smallest absolute Gasteiger partial charge is 0.0713 e. The van der Waals surface area contributed by atoms with E-state index in [1.54, 1.807) is 0 Å². The Morgan fingerprint density at radius 2 is 2.10 bits per heavy atom. The minimum atomic E-state index is 0.231. The van der Waals surface area contributed by atoms with Crippen molar-refractivity contribution in [2.24, 2.45) is 0 Å². The number of hydrogen-bond donors (Lipinski definition) is 1. The van der Waals surface area contributed by atoms with Crippen LogP contribution in [0.1, 0.15) is 51.9 Å². The summed E-state index contributed by atoms with van der Waals surface area (Å²) in [6.07, 6.45) is 9.28. The van der Waals surface area contributed by atoms with Gasteiger partial charge in [0.1, 0.15) is 0 Å². The van der Waals surface area contributed by atoms with E-state index in [-0.39, 0.29) is 5.60 Å². The van der Waals surface area contributed by atoms with Crippen LogP contribution < -0.4 is 5.32 Å². The standard InChI is InChI=1S/C17H32N2OS/c1-2-18-14-16-5-3-4-9-19(16)15-6-10-20-17(13-15)7-11-21-12-8-17/h15-16,18H,2-14H2,1H3. The third kappa shape index (κ3) is 3.95. The lowest BCUT2D eigenvalue weighted by Gasteiger charge is -2.49. The van der Waals surface area contributed by atoms with Crippen molar-refractivity contribution >= 4 is 11.8 Å². The van der Waals surface area contributed by atoms with Crippen molar-refractivity contribution in [1.29, 1.82) is 0 Å². The zero-order valence-corrected chi connectivity index (χ0v) is 14.4. The second-order valence-corrected chi connectivity index (χ2v) is 8.21. The molecule has 21 heavy (non-hydrogen) atoms. The molecule has 3 fully saturated rings. The van der Waals surface area contributed by atoms with Gasteiger partial charge in [0.2, 0.25) is 0 Å². The highest BCUT2D eigenvalue weighted by atomic mass is 32.2. The summed E-state index contributed by atoms with van der Waals surface area (Å²) in [6, 6.07) is 1.53. The van der Waals surface area contributed by atoms with Gasteiger partial charge in [-0.25, -0.2) is 0 Å². The van der Waals surface area contributed by atoms with Crippen LogP contribution in [0.5, 0.6) is 0 Å². The first kappa shape index (κ1) is 16.1. The molecule has 4 heteroatoms. The predicted molar refractivity (Wildman–Crippen MR) is 91.2 cm³/mol. The topological polar surface area (TPSA) is 24.5 Å². The lowest BCUT2D eigenvalue weighted by atomic mass is 9.83. The Bertz CT molecular complexity index is 314. The summed E-state index contributed by atoms with van der Waals surface area (Å²) in [7, 11) is 0. The second-order valence-electron chi connectivity index (χ2n) is 6.99. The first-order valence-corrected chi connectivity index (χ1v) is 10.2. The van der Waals surface area contributed by atoms with Crippen molar-refractivity contribution in [2.75, 3.05) is 37.7 Å². The summed E-state index contributed by atoms with van der Waals surface area (Å²) in [5.41, 5.74) is 0.231. The molecule has 3 nitrogen and oxygen atoms in total. The summed E-state index contributed by atoms with van der Waals surface area (Å²) in [6.45, 7) is 6.79. The molecule has 0 aromatic heterocycles. The maximum atomic E-state index is 6.29. The fourth-order valence-electron chi connectivity index (χ4n) is 4.41. The summed E-state index contributed by atoms with van der Waals surface area (Å²) in [4.78, 5) is 2.85. The van der Waals surface area contributed by atoms with Crippen molar-refractivity contribution < 1.29 is 4.74 Å². The maximum absolute atomic E-state index is 6.29. The fraction of sp³-hybridized carbons (Fsp3) is 1.00. The monoisotopic (exact) mass is 312 g/mol. The van der Waals surface area contributed by atoms with Crippen LogP contribution in [-0.2, 0) is 4.74 Å². The van der Waals surface area contributed by atoms with Crippen LogP contribution in [0.3, 0.4) is 0 Å². The third-order valence-electron chi connectivity index (χ3n) is 5.64. The first-order chi connectivity index (χ1) is 10.3. The van der Waals surface area contributed by atoms with Gasteiger partial charge in [-0.1, -0.05) is 13.3 Å². The van der Waals surface area contributed by atoms with Gasteiger partial charge in [-0.2, -0.15) is 11.8 Å². The number of likely N-dealkylation sites (tertiary alicyclic amines) is 1. The quantitative estimate of drug-likeness (QED) is 0.863. The van der Waals surface area contributed by atoms with Gasteiger partial charge in [-0.3, -0.25) is 4.90 Å². The molecule has 0 saturated carbocycles.